The van der Waals surface area contributed by atoms with Gasteiger partial charge in [-0.05, 0) is 24.9 Å². The van der Waals surface area contributed by atoms with Crippen LogP contribution in [0.5, 0.6) is 0 Å². The number of nitrogens with zero attached hydrogens (tertiary/aromatic N) is 3. The first-order valence-electron chi connectivity index (χ1n) is 5.23. The first kappa shape index (κ1) is 11.6. The topological polar surface area (TPSA) is 50.7 Å². The Bertz CT molecular complexity index is 424. The summed E-state index contributed by atoms with van der Waals surface area (Å²) in [5, 5.41) is 10.5. The molecule has 2 rings (SSSR count). The third-order valence-corrected chi connectivity index (χ3v) is 4.16. The number of thiazole rings is 1. The van der Waals surface area contributed by atoms with E-state index in [2.05, 4.69) is 33.7 Å². The van der Waals surface area contributed by atoms with Gasteiger partial charge in [-0.25, -0.2) is 4.98 Å². The van der Waals surface area contributed by atoms with Gasteiger partial charge in [-0.1, -0.05) is 11.4 Å². The van der Waals surface area contributed by atoms with E-state index in [0.29, 0.717) is 0 Å². The fraction of sp³-hybridized carbons (Fsp3) is 0.500. The lowest BCUT2D eigenvalue weighted by molar-refractivity contribution is 0.564. The SMILES string of the molecule is CCc1cnc(C(C)NCc2csnn2)s1. The molecule has 0 spiro atoms. The van der Waals surface area contributed by atoms with Crippen LogP contribution in [0.1, 0.15) is 35.5 Å². The van der Waals surface area contributed by atoms with Gasteiger partial charge >= 0.3 is 0 Å². The van der Waals surface area contributed by atoms with Crippen LogP contribution in [-0.2, 0) is 13.0 Å². The predicted octanol–water partition coefficient (Wildman–Crippen LogP) is 2.41. The number of rotatable bonds is 5. The van der Waals surface area contributed by atoms with E-state index in [-0.39, 0.29) is 6.04 Å². The van der Waals surface area contributed by atoms with Crippen molar-refractivity contribution in [1.29, 1.82) is 0 Å². The van der Waals surface area contributed by atoms with Gasteiger partial charge in [-0.2, -0.15) is 0 Å². The lowest BCUT2D eigenvalue weighted by atomic mass is 10.3. The van der Waals surface area contributed by atoms with Gasteiger partial charge < -0.3 is 5.32 Å². The summed E-state index contributed by atoms with van der Waals surface area (Å²) >= 11 is 3.15. The molecule has 86 valence electrons. The molecule has 2 aromatic rings. The van der Waals surface area contributed by atoms with Crippen molar-refractivity contribution in [2.75, 3.05) is 0 Å². The van der Waals surface area contributed by atoms with E-state index >= 15 is 0 Å². The molecule has 6 heteroatoms. The van der Waals surface area contributed by atoms with E-state index in [1.54, 1.807) is 11.3 Å². The summed E-state index contributed by atoms with van der Waals surface area (Å²) in [4.78, 5) is 5.74. The zero-order valence-corrected chi connectivity index (χ0v) is 10.9. The monoisotopic (exact) mass is 254 g/mol. The van der Waals surface area contributed by atoms with Crippen molar-refractivity contribution in [3.63, 3.8) is 0 Å². The lowest BCUT2D eigenvalue weighted by Crippen LogP contribution is -2.18. The Labute approximate surface area is 103 Å². The van der Waals surface area contributed by atoms with Crippen molar-refractivity contribution in [2.45, 2.75) is 32.9 Å². The first-order valence-corrected chi connectivity index (χ1v) is 6.88. The smallest absolute Gasteiger partial charge is 0.109 e. The molecule has 0 amide bonds. The van der Waals surface area contributed by atoms with E-state index < -0.39 is 0 Å². The second-order valence-electron chi connectivity index (χ2n) is 3.52. The summed E-state index contributed by atoms with van der Waals surface area (Å²) in [5.41, 5.74) is 0.990. The third kappa shape index (κ3) is 2.84. The average Bonchev–Trinajstić information content (AvgIpc) is 2.96. The van der Waals surface area contributed by atoms with Crippen molar-refractivity contribution in [3.8, 4) is 0 Å². The largest absolute Gasteiger partial charge is 0.302 e. The van der Waals surface area contributed by atoms with Gasteiger partial charge in [-0.15, -0.1) is 16.4 Å². The second-order valence-corrected chi connectivity index (χ2v) is 5.27. The van der Waals surface area contributed by atoms with Crippen LogP contribution in [0.15, 0.2) is 11.6 Å². The number of aryl methyl sites for hydroxylation is 1. The average molecular weight is 254 g/mol. The molecule has 0 saturated heterocycles. The van der Waals surface area contributed by atoms with Crippen LogP contribution in [0.2, 0.25) is 0 Å². The number of aromatic nitrogens is 3. The molecule has 0 aliphatic heterocycles. The summed E-state index contributed by atoms with van der Waals surface area (Å²) in [7, 11) is 0. The number of hydrogen-bond acceptors (Lipinski definition) is 6. The Morgan fingerprint density at radius 2 is 2.38 bits per heavy atom. The first-order chi connectivity index (χ1) is 7.79. The van der Waals surface area contributed by atoms with Gasteiger partial charge in [0.05, 0.1) is 11.7 Å². The Balaban J connectivity index is 1.90. The quantitative estimate of drug-likeness (QED) is 0.890. The van der Waals surface area contributed by atoms with E-state index in [4.69, 9.17) is 0 Å². The molecule has 0 fully saturated rings. The molecule has 2 heterocycles. The van der Waals surface area contributed by atoms with Gasteiger partial charge in [0.2, 0.25) is 0 Å². The molecule has 4 nitrogen and oxygen atoms in total. The highest BCUT2D eigenvalue weighted by Crippen LogP contribution is 2.20. The zero-order chi connectivity index (χ0) is 11.4. The summed E-state index contributed by atoms with van der Waals surface area (Å²) in [6.07, 6.45) is 3.02. The van der Waals surface area contributed by atoms with Crippen molar-refractivity contribution < 1.29 is 0 Å². The van der Waals surface area contributed by atoms with Crippen LogP contribution >= 0.6 is 22.9 Å². The van der Waals surface area contributed by atoms with Crippen LogP contribution in [0.25, 0.3) is 0 Å². The molecule has 1 unspecified atom stereocenters. The molecular formula is C10H14N4S2. The molecular weight excluding hydrogens is 240 g/mol. The Morgan fingerprint density at radius 1 is 1.50 bits per heavy atom. The van der Waals surface area contributed by atoms with Gasteiger partial charge in [0.15, 0.2) is 0 Å². The van der Waals surface area contributed by atoms with Crippen LogP contribution in [0.4, 0.5) is 0 Å². The molecule has 1 atom stereocenters. The maximum absolute atomic E-state index is 4.41. The van der Waals surface area contributed by atoms with Crippen LogP contribution < -0.4 is 5.32 Å². The van der Waals surface area contributed by atoms with Crippen LogP contribution in [0, 0.1) is 0 Å². The van der Waals surface area contributed by atoms with Crippen molar-refractivity contribution in [3.05, 3.63) is 27.2 Å². The molecule has 0 bridgehead atoms. The van der Waals surface area contributed by atoms with Gasteiger partial charge in [-0.3, -0.25) is 0 Å². The molecule has 16 heavy (non-hydrogen) atoms. The Kier molecular flexibility index (Phi) is 3.98. The molecule has 0 radical (unpaired) electrons. The van der Waals surface area contributed by atoms with Crippen LogP contribution in [-0.4, -0.2) is 14.6 Å². The van der Waals surface area contributed by atoms with Crippen molar-refractivity contribution in [2.24, 2.45) is 0 Å². The predicted molar refractivity (Wildman–Crippen MR) is 66.7 cm³/mol. The van der Waals surface area contributed by atoms with Crippen molar-refractivity contribution in [1.82, 2.24) is 19.9 Å². The normalized spacial score (nSPS) is 12.9. The Morgan fingerprint density at radius 3 is 3.00 bits per heavy atom. The summed E-state index contributed by atoms with van der Waals surface area (Å²) in [6, 6.07) is 0.270. The highest BCUT2D eigenvalue weighted by molar-refractivity contribution is 7.11. The molecule has 1 N–H and O–H groups in total. The van der Waals surface area contributed by atoms with Gasteiger partial charge in [0.25, 0.3) is 0 Å². The molecule has 2 aromatic heterocycles. The van der Waals surface area contributed by atoms with Crippen molar-refractivity contribution >= 4 is 22.9 Å². The van der Waals surface area contributed by atoms with E-state index in [1.807, 2.05) is 11.6 Å². The van der Waals surface area contributed by atoms with Gasteiger partial charge in [0.1, 0.15) is 5.01 Å². The molecule has 0 saturated carbocycles. The maximum atomic E-state index is 4.41. The van der Waals surface area contributed by atoms with Gasteiger partial charge in [0, 0.05) is 23.0 Å². The standard InChI is InChI=1S/C10H14N4S2/c1-3-9-5-12-10(16-9)7(2)11-4-8-6-15-14-13-8/h5-7,11H,3-4H2,1-2H3. The van der Waals surface area contributed by atoms with E-state index in [0.717, 1.165) is 23.7 Å². The number of nitrogens with one attached hydrogen (secondary N) is 1. The minimum absolute atomic E-state index is 0.270. The van der Waals surface area contributed by atoms with E-state index in [1.165, 1.54) is 16.4 Å². The van der Waals surface area contributed by atoms with Crippen LogP contribution in [0.3, 0.4) is 0 Å². The maximum Gasteiger partial charge on any atom is 0.109 e. The molecule has 0 aliphatic carbocycles. The fourth-order valence-electron chi connectivity index (χ4n) is 1.29. The highest BCUT2D eigenvalue weighted by Gasteiger charge is 2.09. The zero-order valence-electron chi connectivity index (χ0n) is 9.30. The summed E-state index contributed by atoms with van der Waals surface area (Å²) in [6.45, 7) is 5.02. The Hall–Kier alpha value is -0.850. The molecule has 0 aromatic carbocycles. The lowest BCUT2D eigenvalue weighted by Gasteiger charge is -2.08. The summed E-state index contributed by atoms with van der Waals surface area (Å²) in [5.74, 6) is 0. The number of hydrogen-bond donors (Lipinski definition) is 1. The highest BCUT2D eigenvalue weighted by atomic mass is 32.1. The molecule has 0 aliphatic rings. The fourth-order valence-corrected chi connectivity index (χ4v) is 2.63. The summed E-state index contributed by atoms with van der Waals surface area (Å²) < 4.78 is 3.83. The minimum Gasteiger partial charge on any atom is -0.302 e. The van der Waals surface area contributed by atoms with E-state index in [9.17, 15) is 0 Å². The third-order valence-electron chi connectivity index (χ3n) is 2.28. The second kappa shape index (κ2) is 5.47. The minimum atomic E-state index is 0.270.